The zero-order valence-electron chi connectivity index (χ0n) is 13.9. The summed E-state index contributed by atoms with van der Waals surface area (Å²) >= 11 is 8.41. The van der Waals surface area contributed by atoms with E-state index in [0.29, 0.717) is 5.25 Å². The fourth-order valence-electron chi connectivity index (χ4n) is 3.26. The van der Waals surface area contributed by atoms with E-state index < -0.39 is 0 Å². The van der Waals surface area contributed by atoms with Crippen molar-refractivity contribution in [2.24, 2.45) is 0 Å². The second-order valence-electron chi connectivity index (χ2n) is 6.42. The number of halogens is 1. The maximum Gasteiger partial charge on any atom is 0.0548 e. The molecule has 0 saturated carbocycles. The molecule has 1 aromatic carbocycles. The molecule has 2 aromatic heterocycles. The topological polar surface area (TPSA) is 29.0 Å². The predicted molar refractivity (Wildman–Crippen MR) is 105 cm³/mol. The van der Waals surface area contributed by atoms with E-state index in [1.165, 1.54) is 23.1 Å². The number of rotatable bonds is 4. The predicted octanol–water partition coefficient (Wildman–Crippen LogP) is 5.04. The largest absolute Gasteiger partial charge is 0.297 e. The lowest BCUT2D eigenvalue weighted by molar-refractivity contribution is 0.222. The van der Waals surface area contributed by atoms with Crippen LogP contribution in [0.1, 0.15) is 18.5 Å². The number of fused-ring (bicyclic) bond motifs is 1. The van der Waals surface area contributed by atoms with E-state index in [1.54, 1.807) is 0 Å². The molecule has 4 rings (SSSR count). The van der Waals surface area contributed by atoms with Gasteiger partial charge >= 0.3 is 0 Å². The Bertz CT molecular complexity index is 848. The molecular weight excluding hydrogens is 350 g/mol. The summed E-state index contributed by atoms with van der Waals surface area (Å²) in [6.45, 7) is 3.18. The number of piperidine rings is 1. The van der Waals surface area contributed by atoms with E-state index in [9.17, 15) is 0 Å². The number of benzene rings is 1. The third-order valence-corrected chi connectivity index (χ3v) is 6.45. The summed E-state index contributed by atoms with van der Waals surface area (Å²) in [7, 11) is 0. The molecular formula is C20H20ClN3S. The van der Waals surface area contributed by atoms with Crippen LogP contribution in [0.4, 0.5) is 0 Å². The van der Waals surface area contributed by atoms with E-state index in [0.717, 1.165) is 35.7 Å². The summed E-state index contributed by atoms with van der Waals surface area (Å²) in [6, 6.07) is 12.4. The standard InChI is InChI=1S/C20H20ClN3S/c21-19-11-16-13-22-8-4-15(16)12-20(19)25-18-5-9-24(10-6-18)14-17-3-1-2-7-23-17/h1-4,7-8,11-13,18H,5-6,9-10,14H2. The van der Waals surface area contributed by atoms with Gasteiger partial charge in [-0.2, -0.15) is 0 Å². The van der Waals surface area contributed by atoms with Crippen molar-refractivity contribution >= 4 is 34.1 Å². The van der Waals surface area contributed by atoms with Crippen molar-refractivity contribution in [1.82, 2.24) is 14.9 Å². The Kier molecular flexibility index (Phi) is 5.20. The zero-order valence-corrected chi connectivity index (χ0v) is 15.5. The minimum atomic E-state index is 0.622. The van der Waals surface area contributed by atoms with Gasteiger partial charge in [-0.1, -0.05) is 17.7 Å². The third-order valence-electron chi connectivity index (χ3n) is 4.63. The molecule has 3 heterocycles. The van der Waals surface area contributed by atoms with Crippen molar-refractivity contribution in [2.45, 2.75) is 29.5 Å². The first-order valence-corrected chi connectivity index (χ1v) is 9.86. The van der Waals surface area contributed by atoms with E-state index >= 15 is 0 Å². The molecule has 1 aliphatic rings. The van der Waals surface area contributed by atoms with Crippen LogP contribution < -0.4 is 0 Å². The molecule has 128 valence electrons. The van der Waals surface area contributed by atoms with Gasteiger partial charge in [0.25, 0.3) is 0 Å². The molecule has 0 N–H and O–H groups in total. The highest BCUT2D eigenvalue weighted by Gasteiger charge is 2.21. The number of aromatic nitrogens is 2. The lowest BCUT2D eigenvalue weighted by Crippen LogP contribution is -2.34. The molecule has 1 saturated heterocycles. The molecule has 0 aliphatic carbocycles. The van der Waals surface area contributed by atoms with Gasteiger partial charge in [0.15, 0.2) is 0 Å². The molecule has 25 heavy (non-hydrogen) atoms. The first-order valence-electron chi connectivity index (χ1n) is 8.60. The van der Waals surface area contributed by atoms with Crippen molar-refractivity contribution in [3.05, 3.63) is 65.7 Å². The lowest BCUT2D eigenvalue weighted by atomic mass is 10.1. The molecule has 0 amide bonds. The van der Waals surface area contributed by atoms with Gasteiger partial charge in [0.05, 0.1) is 10.7 Å². The van der Waals surface area contributed by atoms with Gasteiger partial charge in [-0.3, -0.25) is 14.9 Å². The number of hydrogen-bond donors (Lipinski definition) is 0. The smallest absolute Gasteiger partial charge is 0.0548 e. The average molecular weight is 370 g/mol. The van der Waals surface area contributed by atoms with Crippen molar-refractivity contribution in [2.75, 3.05) is 13.1 Å². The van der Waals surface area contributed by atoms with Crippen LogP contribution in [-0.4, -0.2) is 33.2 Å². The summed E-state index contributed by atoms with van der Waals surface area (Å²) in [5.74, 6) is 0. The summed E-state index contributed by atoms with van der Waals surface area (Å²) in [5, 5.41) is 3.76. The quantitative estimate of drug-likeness (QED) is 0.644. The van der Waals surface area contributed by atoms with Crippen LogP contribution in [0.15, 0.2) is 59.9 Å². The fraction of sp³-hybridized carbons (Fsp3) is 0.300. The van der Waals surface area contributed by atoms with Gasteiger partial charge in [0.2, 0.25) is 0 Å². The van der Waals surface area contributed by atoms with Crippen LogP contribution in [0.25, 0.3) is 10.8 Å². The Morgan fingerprint density at radius 2 is 1.96 bits per heavy atom. The number of nitrogens with zero attached hydrogens (tertiary/aromatic N) is 3. The fourth-order valence-corrected chi connectivity index (χ4v) is 4.74. The van der Waals surface area contributed by atoms with Crippen molar-refractivity contribution in [3.8, 4) is 0 Å². The molecule has 1 fully saturated rings. The van der Waals surface area contributed by atoms with E-state index in [1.807, 2.05) is 48.6 Å². The summed E-state index contributed by atoms with van der Waals surface area (Å²) < 4.78 is 0. The maximum atomic E-state index is 6.49. The minimum Gasteiger partial charge on any atom is -0.297 e. The highest BCUT2D eigenvalue weighted by molar-refractivity contribution is 8.00. The van der Waals surface area contributed by atoms with Crippen LogP contribution >= 0.6 is 23.4 Å². The first-order chi connectivity index (χ1) is 12.3. The van der Waals surface area contributed by atoms with Gasteiger partial charge < -0.3 is 0 Å². The number of hydrogen-bond acceptors (Lipinski definition) is 4. The second kappa shape index (κ2) is 7.73. The lowest BCUT2D eigenvalue weighted by Gasteiger charge is -2.31. The van der Waals surface area contributed by atoms with Crippen LogP contribution in [0.2, 0.25) is 5.02 Å². The number of likely N-dealkylation sites (tertiary alicyclic amines) is 1. The van der Waals surface area contributed by atoms with Gasteiger partial charge in [0, 0.05) is 40.7 Å². The third kappa shape index (κ3) is 4.14. The minimum absolute atomic E-state index is 0.622. The van der Waals surface area contributed by atoms with E-state index in [2.05, 4.69) is 33.1 Å². The summed E-state index contributed by atoms with van der Waals surface area (Å²) in [5.41, 5.74) is 1.15. The van der Waals surface area contributed by atoms with Gasteiger partial charge in [0.1, 0.15) is 0 Å². The van der Waals surface area contributed by atoms with Crippen LogP contribution in [0, 0.1) is 0 Å². The molecule has 0 atom stereocenters. The van der Waals surface area contributed by atoms with Crippen molar-refractivity contribution < 1.29 is 0 Å². The molecule has 3 nitrogen and oxygen atoms in total. The van der Waals surface area contributed by atoms with Gasteiger partial charge in [-0.15, -0.1) is 11.8 Å². The maximum absolute atomic E-state index is 6.49. The molecule has 0 radical (unpaired) electrons. The van der Waals surface area contributed by atoms with Crippen LogP contribution in [0.5, 0.6) is 0 Å². The SMILES string of the molecule is Clc1cc2cnccc2cc1SC1CCN(Cc2ccccn2)CC1. The average Bonchev–Trinajstić information content (AvgIpc) is 2.65. The Morgan fingerprint density at radius 1 is 1.08 bits per heavy atom. The summed E-state index contributed by atoms with van der Waals surface area (Å²) in [6.07, 6.45) is 7.94. The molecule has 0 bridgehead atoms. The van der Waals surface area contributed by atoms with Gasteiger partial charge in [-0.25, -0.2) is 0 Å². The monoisotopic (exact) mass is 369 g/mol. The normalized spacial score (nSPS) is 16.4. The molecule has 0 spiro atoms. The first kappa shape index (κ1) is 16.8. The Hall–Kier alpha value is -1.62. The number of pyridine rings is 2. The highest BCUT2D eigenvalue weighted by Crippen LogP contribution is 2.37. The zero-order chi connectivity index (χ0) is 17.1. The highest BCUT2D eigenvalue weighted by atomic mass is 35.5. The summed E-state index contributed by atoms with van der Waals surface area (Å²) in [4.78, 5) is 12.3. The molecule has 1 aliphatic heterocycles. The van der Waals surface area contributed by atoms with Crippen LogP contribution in [-0.2, 0) is 6.54 Å². The number of thioether (sulfide) groups is 1. The van der Waals surface area contributed by atoms with Gasteiger partial charge in [-0.05, 0) is 61.6 Å². The van der Waals surface area contributed by atoms with Crippen molar-refractivity contribution in [3.63, 3.8) is 0 Å². The van der Waals surface area contributed by atoms with Crippen molar-refractivity contribution in [1.29, 1.82) is 0 Å². The Labute approximate surface area is 157 Å². The van der Waals surface area contributed by atoms with E-state index in [4.69, 9.17) is 11.6 Å². The Balaban J connectivity index is 1.38. The Morgan fingerprint density at radius 3 is 2.76 bits per heavy atom. The van der Waals surface area contributed by atoms with Crippen LogP contribution in [0.3, 0.4) is 0 Å². The molecule has 0 unspecified atom stereocenters. The second-order valence-corrected chi connectivity index (χ2v) is 8.17. The molecule has 5 heteroatoms. The van der Waals surface area contributed by atoms with E-state index in [-0.39, 0.29) is 0 Å². The molecule has 3 aromatic rings.